The van der Waals surface area contributed by atoms with Gasteiger partial charge in [-0.3, -0.25) is 19.2 Å². The van der Waals surface area contributed by atoms with Crippen molar-refractivity contribution in [2.75, 3.05) is 9.80 Å². The summed E-state index contributed by atoms with van der Waals surface area (Å²) >= 11 is 0. The van der Waals surface area contributed by atoms with E-state index in [0.29, 0.717) is 77.8 Å². The number of amides is 4. The van der Waals surface area contributed by atoms with Crippen LogP contribution in [0.3, 0.4) is 0 Å². The summed E-state index contributed by atoms with van der Waals surface area (Å²) < 4.78 is 0. The predicted molar refractivity (Wildman–Crippen MR) is 273 cm³/mol. The molecule has 4 amide bonds. The van der Waals surface area contributed by atoms with E-state index in [1.807, 2.05) is 98.7 Å². The lowest BCUT2D eigenvalue weighted by Gasteiger charge is -2.25. The van der Waals surface area contributed by atoms with Gasteiger partial charge in [0.1, 0.15) is 11.5 Å². The number of nitrogens with zero attached hydrogens (tertiary/aromatic N) is 6. The molecule has 0 fully saturated rings. The van der Waals surface area contributed by atoms with Gasteiger partial charge >= 0.3 is 0 Å². The highest BCUT2D eigenvalue weighted by Crippen LogP contribution is 2.44. The van der Waals surface area contributed by atoms with Gasteiger partial charge in [0.05, 0.1) is 77.8 Å². The van der Waals surface area contributed by atoms with E-state index in [1.54, 1.807) is 54.6 Å². The fraction of sp³-hybridized carbons (Fsp3) is 0.228. The first-order chi connectivity index (χ1) is 32.8. The van der Waals surface area contributed by atoms with Crippen LogP contribution in [0.5, 0.6) is 11.5 Å². The SMILES string of the molecule is C=Cc1cc2nc3cc4c(cc3nc2cc1/C=C\c1cc2nc3cc5c(cc3nc2cc1C)C(=O)N(c1c(C(C)C)cc(O)cc1C(C)C)C5=O)C(=O)N(c1c(C(C)C)cc(O)cc1C(C)C)C4=O. The Morgan fingerprint density at radius 3 is 1.01 bits per heavy atom. The van der Waals surface area contributed by atoms with Crippen LogP contribution in [0.4, 0.5) is 11.4 Å². The minimum atomic E-state index is -0.451. The Balaban J connectivity index is 0.992. The lowest BCUT2D eigenvalue weighted by atomic mass is 9.91. The standard InChI is InChI=1S/C57H50N6O6/c1-11-31-15-45-47(61-51-25-43-42(24-50(51)59-45)56(68)63(57(43)69)53-38(28(6)7)20-35(65)21-39(53)29(8)9)17-33(31)13-12-32-16-46-44(14-30(32)10)58-48-22-40-41(23-49(48)60-46)55(67)62(54(40)66)52-36(26(2)3)18-34(64)19-37(52)27(4)5/h11-29,64-65H,1H2,2-10H3/b13-12-. The number of aryl methyl sites for hydroxylation is 1. The number of carbonyl (C=O) groups excluding carboxylic acids is 4. The lowest BCUT2D eigenvalue weighted by molar-refractivity contribution is 0.0909. The van der Waals surface area contributed by atoms with E-state index in [1.165, 1.54) is 9.80 Å². The van der Waals surface area contributed by atoms with Crippen molar-refractivity contribution in [1.82, 2.24) is 19.9 Å². The number of hydrogen-bond donors (Lipinski definition) is 2. The Morgan fingerprint density at radius 1 is 0.420 bits per heavy atom. The summed E-state index contributed by atoms with van der Waals surface area (Å²) in [6, 6.07) is 20.8. The van der Waals surface area contributed by atoms with E-state index in [-0.39, 0.29) is 57.4 Å². The number of hydrogen-bond acceptors (Lipinski definition) is 10. The number of rotatable bonds is 9. The Bertz CT molecular complexity index is 3620. The predicted octanol–water partition coefficient (Wildman–Crippen LogP) is 12.5. The molecule has 2 N–H and O–H groups in total. The van der Waals surface area contributed by atoms with Crippen LogP contribution in [0.1, 0.15) is 165 Å². The van der Waals surface area contributed by atoms with Gasteiger partial charge < -0.3 is 10.2 Å². The van der Waals surface area contributed by atoms with Crippen LogP contribution in [-0.2, 0) is 0 Å². The van der Waals surface area contributed by atoms with Crippen molar-refractivity contribution in [3.05, 3.63) is 146 Å². The van der Waals surface area contributed by atoms with E-state index >= 15 is 0 Å². The second-order valence-electron chi connectivity index (χ2n) is 19.4. The molecule has 4 heterocycles. The summed E-state index contributed by atoms with van der Waals surface area (Å²) in [6.07, 6.45) is 5.69. The fourth-order valence-corrected chi connectivity index (χ4v) is 9.76. The van der Waals surface area contributed by atoms with Crippen molar-refractivity contribution in [3.8, 4) is 11.5 Å². The number of imide groups is 2. The fourth-order valence-electron chi connectivity index (χ4n) is 9.76. The van der Waals surface area contributed by atoms with Gasteiger partial charge in [0.2, 0.25) is 0 Å². The van der Waals surface area contributed by atoms with Crippen LogP contribution < -0.4 is 9.80 Å². The first-order valence-corrected chi connectivity index (χ1v) is 23.2. The van der Waals surface area contributed by atoms with Gasteiger partial charge in [-0.1, -0.05) is 80.2 Å². The second-order valence-corrected chi connectivity index (χ2v) is 19.4. The number of benzene rings is 6. The van der Waals surface area contributed by atoms with Gasteiger partial charge in [0.15, 0.2) is 0 Å². The van der Waals surface area contributed by atoms with Crippen molar-refractivity contribution in [1.29, 1.82) is 0 Å². The number of fused-ring (bicyclic) bond motifs is 6. The third-order valence-corrected chi connectivity index (χ3v) is 13.4. The molecule has 69 heavy (non-hydrogen) atoms. The van der Waals surface area contributed by atoms with Crippen LogP contribution in [0.2, 0.25) is 0 Å². The molecule has 0 aliphatic carbocycles. The second kappa shape index (κ2) is 16.3. The molecular formula is C57H50N6O6. The summed E-state index contributed by atoms with van der Waals surface area (Å²) in [5.74, 6) is -1.90. The summed E-state index contributed by atoms with van der Waals surface area (Å²) in [6.45, 7) is 21.8. The normalized spacial score (nSPS) is 14.0. The smallest absolute Gasteiger partial charge is 0.266 e. The molecule has 0 saturated heterocycles. The van der Waals surface area contributed by atoms with Crippen molar-refractivity contribution in [2.24, 2.45) is 0 Å². The molecule has 10 rings (SSSR count). The summed E-state index contributed by atoms with van der Waals surface area (Å²) in [4.78, 5) is 78.9. The molecule has 0 unspecified atom stereocenters. The third-order valence-electron chi connectivity index (χ3n) is 13.4. The average Bonchev–Trinajstić information content (AvgIpc) is 3.68. The molecule has 2 aromatic heterocycles. The molecule has 344 valence electrons. The topological polar surface area (TPSA) is 167 Å². The lowest BCUT2D eigenvalue weighted by Crippen LogP contribution is -2.31. The van der Waals surface area contributed by atoms with Crippen LogP contribution in [0.15, 0.2) is 79.4 Å². The quantitative estimate of drug-likeness (QED) is 0.0808. The molecule has 12 nitrogen and oxygen atoms in total. The van der Waals surface area contributed by atoms with Gasteiger partial charge in [0.25, 0.3) is 23.6 Å². The Labute approximate surface area is 398 Å². The van der Waals surface area contributed by atoms with Crippen molar-refractivity contribution in [3.63, 3.8) is 0 Å². The summed E-state index contributed by atoms with van der Waals surface area (Å²) in [7, 11) is 0. The highest BCUT2D eigenvalue weighted by atomic mass is 16.3. The Kier molecular flexibility index (Phi) is 10.6. The minimum Gasteiger partial charge on any atom is -0.508 e. The van der Waals surface area contributed by atoms with Crippen LogP contribution in [0.25, 0.3) is 62.4 Å². The molecular weight excluding hydrogens is 865 g/mol. The van der Waals surface area contributed by atoms with E-state index in [2.05, 4.69) is 6.58 Å². The zero-order valence-electron chi connectivity index (χ0n) is 39.9. The molecule has 0 radical (unpaired) electrons. The zero-order chi connectivity index (χ0) is 49.1. The van der Waals surface area contributed by atoms with Crippen molar-refractivity contribution in [2.45, 2.75) is 86.0 Å². The highest BCUT2D eigenvalue weighted by molar-refractivity contribution is 6.37. The maximum Gasteiger partial charge on any atom is 0.266 e. The van der Waals surface area contributed by atoms with Crippen LogP contribution >= 0.6 is 0 Å². The minimum absolute atomic E-state index is 0.0708. The Morgan fingerprint density at radius 2 is 0.696 bits per heavy atom. The molecule has 0 atom stereocenters. The van der Waals surface area contributed by atoms with Gasteiger partial charge in [-0.05, 0) is 148 Å². The number of anilines is 2. The molecule has 8 aromatic rings. The summed E-state index contributed by atoms with van der Waals surface area (Å²) in [5, 5.41) is 21.2. The molecule has 0 saturated carbocycles. The average molecular weight is 915 g/mol. The number of aromatic hydroxyl groups is 2. The maximum atomic E-state index is 14.2. The van der Waals surface area contributed by atoms with E-state index in [9.17, 15) is 29.4 Å². The van der Waals surface area contributed by atoms with E-state index < -0.39 is 23.6 Å². The van der Waals surface area contributed by atoms with Crippen molar-refractivity contribution < 1.29 is 29.4 Å². The first-order valence-electron chi connectivity index (χ1n) is 23.2. The van der Waals surface area contributed by atoms with Gasteiger partial charge in [0, 0.05) is 0 Å². The highest BCUT2D eigenvalue weighted by Gasteiger charge is 2.42. The van der Waals surface area contributed by atoms with Gasteiger partial charge in [-0.25, -0.2) is 29.7 Å². The largest absolute Gasteiger partial charge is 0.508 e. The number of aromatic nitrogens is 4. The molecule has 0 bridgehead atoms. The van der Waals surface area contributed by atoms with E-state index in [0.717, 1.165) is 22.3 Å². The van der Waals surface area contributed by atoms with Crippen molar-refractivity contribution >= 4 is 97.4 Å². The maximum absolute atomic E-state index is 14.2. The van der Waals surface area contributed by atoms with Crippen LogP contribution in [-0.4, -0.2) is 53.8 Å². The third kappa shape index (κ3) is 7.20. The first kappa shape index (κ1) is 44.7. The molecule has 6 aromatic carbocycles. The molecule has 2 aliphatic rings. The number of phenols is 2. The monoisotopic (exact) mass is 914 g/mol. The number of phenolic OH excluding ortho intramolecular Hbond substituents is 2. The van der Waals surface area contributed by atoms with Gasteiger partial charge in [-0.15, -0.1) is 0 Å². The van der Waals surface area contributed by atoms with E-state index in [4.69, 9.17) is 19.9 Å². The Hall–Kier alpha value is -8.12. The molecule has 12 heteroatoms. The van der Waals surface area contributed by atoms with Crippen LogP contribution in [0, 0.1) is 6.92 Å². The number of carbonyl (C=O) groups is 4. The zero-order valence-corrected chi connectivity index (χ0v) is 39.9. The molecule has 2 aliphatic heterocycles. The summed E-state index contributed by atoms with van der Waals surface area (Å²) in [5.41, 5.74) is 12.6. The molecule has 0 spiro atoms. The van der Waals surface area contributed by atoms with Gasteiger partial charge in [-0.2, -0.15) is 0 Å².